The van der Waals surface area contributed by atoms with E-state index >= 15 is 0 Å². The van der Waals surface area contributed by atoms with Crippen molar-refractivity contribution < 1.29 is 18.7 Å². The zero-order chi connectivity index (χ0) is 21.3. The first-order chi connectivity index (χ1) is 14.5. The first-order valence-corrected chi connectivity index (χ1v) is 11.9. The van der Waals surface area contributed by atoms with E-state index < -0.39 is 5.82 Å². The lowest BCUT2D eigenvalue weighted by atomic mass is 9.80. The van der Waals surface area contributed by atoms with Gasteiger partial charge in [-0.05, 0) is 81.8 Å². The van der Waals surface area contributed by atoms with Crippen LogP contribution in [0.1, 0.15) is 71.1 Å². The molecule has 0 aromatic heterocycles. The predicted molar refractivity (Wildman–Crippen MR) is 118 cm³/mol. The molecule has 0 radical (unpaired) electrons. The number of hydrogen-bond acceptors (Lipinski definition) is 3. The molecule has 0 unspecified atom stereocenters. The van der Waals surface area contributed by atoms with Crippen LogP contribution in [0.4, 0.5) is 4.39 Å². The maximum absolute atomic E-state index is 13.5. The van der Waals surface area contributed by atoms with E-state index in [-0.39, 0.29) is 22.7 Å². The van der Waals surface area contributed by atoms with Gasteiger partial charge in [-0.1, -0.05) is 37.1 Å². The van der Waals surface area contributed by atoms with Crippen molar-refractivity contribution in [3.63, 3.8) is 0 Å². The molecule has 0 N–H and O–H groups in total. The highest BCUT2D eigenvalue weighted by Gasteiger charge is 2.27. The number of rotatable bonds is 8. The smallest absolute Gasteiger partial charge is 0.314 e. The molecule has 5 heteroatoms. The fourth-order valence-corrected chi connectivity index (χ4v) is 4.56. The van der Waals surface area contributed by atoms with Crippen molar-refractivity contribution in [3.8, 4) is 5.75 Å². The quantitative estimate of drug-likeness (QED) is 0.188. The largest absolute Gasteiger partial charge is 0.426 e. The first-order valence-electron chi connectivity index (χ1n) is 11.5. The van der Waals surface area contributed by atoms with E-state index in [1.807, 2.05) is 0 Å². The fourth-order valence-electron chi connectivity index (χ4n) is 4.44. The van der Waals surface area contributed by atoms with Gasteiger partial charge in [0.05, 0.1) is 17.0 Å². The summed E-state index contributed by atoms with van der Waals surface area (Å²) in [7, 11) is 0. The Labute approximate surface area is 185 Å². The molecule has 2 aliphatic carbocycles. The number of carbonyl (C=O) groups excluding carboxylic acids is 1. The van der Waals surface area contributed by atoms with Crippen LogP contribution < -0.4 is 4.74 Å². The van der Waals surface area contributed by atoms with Gasteiger partial charge in [0.25, 0.3) is 0 Å². The minimum absolute atomic E-state index is 0.0274. The van der Waals surface area contributed by atoms with Crippen LogP contribution in [0.5, 0.6) is 5.75 Å². The lowest BCUT2D eigenvalue weighted by Gasteiger charge is -2.28. The Morgan fingerprint density at radius 2 is 1.70 bits per heavy atom. The fraction of sp³-hybridized carbons (Fsp3) is 0.640. The van der Waals surface area contributed by atoms with Gasteiger partial charge in [-0.25, -0.2) is 4.39 Å². The summed E-state index contributed by atoms with van der Waals surface area (Å²) >= 11 is 5.67. The summed E-state index contributed by atoms with van der Waals surface area (Å²) in [4.78, 5) is 12.4. The van der Waals surface area contributed by atoms with Crippen molar-refractivity contribution >= 4 is 17.6 Å². The molecule has 0 aliphatic heterocycles. The van der Waals surface area contributed by atoms with E-state index in [2.05, 4.69) is 19.1 Å². The van der Waals surface area contributed by atoms with Crippen molar-refractivity contribution in [3.05, 3.63) is 41.2 Å². The van der Waals surface area contributed by atoms with Gasteiger partial charge in [0.2, 0.25) is 0 Å². The minimum Gasteiger partial charge on any atom is -0.426 e. The summed E-state index contributed by atoms with van der Waals surface area (Å²) in [5, 5.41) is 0.0274. The Kier molecular flexibility index (Phi) is 9.20. The van der Waals surface area contributed by atoms with Crippen LogP contribution in [0.3, 0.4) is 0 Å². The Hall–Kier alpha value is -1.39. The van der Waals surface area contributed by atoms with Crippen LogP contribution in [0, 0.1) is 23.6 Å². The molecule has 30 heavy (non-hydrogen) atoms. The molecule has 0 spiro atoms. The summed E-state index contributed by atoms with van der Waals surface area (Å²) < 4.78 is 24.8. The van der Waals surface area contributed by atoms with Crippen molar-refractivity contribution in [2.24, 2.45) is 17.8 Å². The van der Waals surface area contributed by atoms with Gasteiger partial charge in [0, 0.05) is 12.7 Å². The van der Waals surface area contributed by atoms with Gasteiger partial charge in [0.15, 0.2) is 0 Å². The standard InChI is InChI=1S/C25H34ClFO3/c1-2-3-16-29-21-12-8-19(9-13-21)5-4-18-6-10-20(11-7-18)25(28)30-22-14-15-23(26)24(27)17-22/h4-5,14-15,17-21H,2-3,6-13,16H2,1H3. The molecule has 0 atom stereocenters. The van der Waals surface area contributed by atoms with Crippen LogP contribution in [0.25, 0.3) is 0 Å². The number of allylic oxidation sites excluding steroid dienone is 2. The summed E-state index contributed by atoms with van der Waals surface area (Å²) in [6.45, 7) is 3.10. The molecule has 3 nitrogen and oxygen atoms in total. The Morgan fingerprint density at radius 1 is 1.07 bits per heavy atom. The van der Waals surface area contributed by atoms with Crippen LogP contribution in [0.2, 0.25) is 5.02 Å². The maximum Gasteiger partial charge on any atom is 0.314 e. The zero-order valence-electron chi connectivity index (χ0n) is 18.0. The average Bonchev–Trinajstić information content (AvgIpc) is 2.76. The number of benzene rings is 1. The van der Waals surface area contributed by atoms with E-state index in [9.17, 15) is 9.18 Å². The summed E-state index contributed by atoms with van der Waals surface area (Å²) in [6, 6.07) is 4.10. The normalized spacial score (nSPS) is 27.3. The van der Waals surface area contributed by atoms with Gasteiger partial charge in [-0.3, -0.25) is 4.79 Å². The highest BCUT2D eigenvalue weighted by atomic mass is 35.5. The Balaban J connectivity index is 1.36. The van der Waals surface area contributed by atoms with Gasteiger partial charge in [-0.2, -0.15) is 0 Å². The highest BCUT2D eigenvalue weighted by molar-refractivity contribution is 6.30. The van der Waals surface area contributed by atoms with Crippen molar-refractivity contribution in [2.75, 3.05) is 6.61 Å². The second-order valence-electron chi connectivity index (χ2n) is 8.75. The lowest BCUT2D eigenvalue weighted by molar-refractivity contribution is -0.140. The molecule has 2 aliphatic rings. The highest BCUT2D eigenvalue weighted by Crippen LogP contribution is 2.33. The van der Waals surface area contributed by atoms with Crippen molar-refractivity contribution in [1.29, 1.82) is 0 Å². The third-order valence-electron chi connectivity index (χ3n) is 6.44. The molecule has 0 heterocycles. The van der Waals surface area contributed by atoms with Crippen LogP contribution >= 0.6 is 11.6 Å². The molecule has 0 amide bonds. The molecule has 3 rings (SSSR count). The third-order valence-corrected chi connectivity index (χ3v) is 6.75. The lowest BCUT2D eigenvalue weighted by Crippen LogP contribution is -2.25. The van der Waals surface area contributed by atoms with Crippen LogP contribution in [-0.4, -0.2) is 18.7 Å². The number of carbonyl (C=O) groups is 1. The molecule has 2 fully saturated rings. The van der Waals surface area contributed by atoms with Gasteiger partial charge in [-0.15, -0.1) is 0 Å². The number of halogens is 2. The monoisotopic (exact) mass is 436 g/mol. The second kappa shape index (κ2) is 11.9. The predicted octanol–water partition coefficient (Wildman–Crippen LogP) is 7.12. The summed E-state index contributed by atoms with van der Waals surface area (Å²) in [5.74, 6) is 0.485. The summed E-state index contributed by atoms with van der Waals surface area (Å²) in [5.41, 5.74) is 0. The zero-order valence-corrected chi connectivity index (χ0v) is 18.7. The Morgan fingerprint density at radius 3 is 2.30 bits per heavy atom. The topological polar surface area (TPSA) is 35.5 Å². The molecule has 1 aromatic rings. The first kappa shape index (κ1) is 23.3. The average molecular weight is 437 g/mol. The van der Waals surface area contributed by atoms with Crippen LogP contribution in [0.15, 0.2) is 30.4 Å². The third kappa shape index (κ3) is 7.09. The van der Waals surface area contributed by atoms with E-state index in [4.69, 9.17) is 21.1 Å². The Bertz CT molecular complexity index is 704. The van der Waals surface area contributed by atoms with Crippen LogP contribution in [-0.2, 0) is 9.53 Å². The summed E-state index contributed by atoms with van der Waals surface area (Å²) in [6.07, 6.45) is 16.0. The molecule has 0 saturated heterocycles. The molecule has 0 bridgehead atoms. The van der Waals surface area contributed by atoms with E-state index in [0.717, 1.165) is 44.8 Å². The number of esters is 1. The van der Waals surface area contributed by atoms with E-state index in [0.29, 0.717) is 17.9 Å². The maximum atomic E-state index is 13.5. The van der Waals surface area contributed by atoms with Gasteiger partial charge >= 0.3 is 5.97 Å². The van der Waals surface area contributed by atoms with Crippen molar-refractivity contribution in [2.45, 2.75) is 77.2 Å². The van der Waals surface area contributed by atoms with Crippen molar-refractivity contribution in [1.82, 2.24) is 0 Å². The van der Waals surface area contributed by atoms with E-state index in [1.54, 1.807) is 0 Å². The van der Waals surface area contributed by atoms with E-state index in [1.165, 1.54) is 44.2 Å². The molecular weight excluding hydrogens is 403 g/mol. The molecule has 1 aromatic carbocycles. The number of hydrogen-bond donors (Lipinski definition) is 0. The second-order valence-corrected chi connectivity index (χ2v) is 9.16. The SMILES string of the molecule is CCCCOC1CCC(C=CC2CCC(C(=O)Oc3ccc(Cl)c(F)c3)CC2)CC1. The van der Waals surface area contributed by atoms with Gasteiger partial charge in [0.1, 0.15) is 11.6 Å². The minimum atomic E-state index is -0.572. The molecule has 166 valence electrons. The number of ether oxygens (including phenoxy) is 2. The molecular formula is C25H34ClFO3. The number of unbranched alkanes of at least 4 members (excludes halogenated alkanes) is 1. The molecule has 2 saturated carbocycles. The van der Waals surface area contributed by atoms with Gasteiger partial charge < -0.3 is 9.47 Å².